The summed E-state index contributed by atoms with van der Waals surface area (Å²) in [6.07, 6.45) is 4.55. The standard InChI is InChI=1S/C12H10N4O2/c13-11(10-3-1-2-6-15-10)16-18-12(17)9-4-7-14-8-5-9/h1-8H,(H2,13,16). The summed E-state index contributed by atoms with van der Waals surface area (Å²) in [6.45, 7) is 0. The Morgan fingerprint density at radius 1 is 1.17 bits per heavy atom. The summed E-state index contributed by atoms with van der Waals surface area (Å²) >= 11 is 0. The smallest absolute Gasteiger partial charge is 0.365 e. The molecule has 0 aliphatic rings. The SMILES string of the molecule is NC(=NOC(=O)c1ccncc1)c1ccccn1. The highest BCUT2D eigenvalue weighted by atomic mass is 16.7. The van der Waals surface area contributed by atoms with Crippen LogP contribution in [0, 0.1) is 0 Å². The molecule has 0 radical (unpaired) electrons. The second-order valence-corrected chi connectivity index (χ2v) is 3.31. The largest absolute Gasteiger partial charge is 0.379 e. The van der Waals surface area contributed by atoms with Crippen LogP contribution in [0.1, 0.15) is 16.1 Å². The summed E-state index contributed by atoms with van der Waals surface area (Å²) in [5.74, 6) is -0.561. The van der Waals surface area contributed by atoms with Crippen molar-refractivity contribution in [3.63, 3.8) is 0 Å². The zero-order valence-electron chi connectivity index (χ0n) is 9.35. The number of hydrogen-bond acceptors (Lipinski definition) is 5. The molecule has 0 aromatic carbocycles. The van der Waals surface area contributed by atoms with Crippen LogP contribution in [0.4, 0.5) is 0 Å². The topological polar surface area (TPSA) is 90.5 Å². The number of pyridine rings is 2. The van der Waals surface area contributed by atoms with Crippen LogP contribution in [0.5, 0.6) is 0 Å². The van der Waals surface area contributed by atoms with Crippen LogP contribution in [0.3, 0.4) is 0 Å². The van der Waals surface area contributed by atoms with Gasteiger partial charge in [0.05, 0.1) is 5.56 Å². The zero-order chi connectivity index (χ0) is 12.8. The molecule has 0 spiro atoms. The van der Waals surface area contributed by atoms with E-state index < -0.39 is 5.97 Å². The fourth-order valence-electron chi connectivity index (χ4n) is 1.19. The summed E-state index contributed by atoms with van der Waals surface area (Å²) < 4.78 is 0. The maximum atomic E-state index is 11.5. The van der Waals surface area contributed by atoms with E-state index in [1.807, 2.05) is 0 Å². The summed E-state index contributed by atoms with van der Waals surface area (Å²) in [7, 11) is 0. The molecule has 90 valence electrons. The van der Waals surface area contributed by atoms with Crippen molar-refractivity contribution >= 4 is 11.8 Å². The van der Waals surface area contributed by atoms with Crippen LogP contribution < -0.4 is 5.73 Å². The van der Waals surface area contributed by atoms with Crippen LogP contribution in [-0.2, 0) is 4.84 Å². The quantitative estimate of drug-likeness (QED) is 0.374. The molecule has 2 N–H and O–H groups in total. The number of hydrogen-bond donors (Lipinski definition) is 1. The zero-order valence-corrected chi connectivity index (χ0v) is 9.35. The highest BCUT2D eigenvalue weighted by Crippen LogP contribution is 2.00. The second-order valence-electron chi connectivity index (χ2n) is 3.31. The molecule has 0 fully saturated rings. The lowest BCUT2D eigenvalue weighted by Gasteiger charge is -1.99. The highest BCUT2D eigenvalue weighted by molar-refractivity contribution is 5.96. The van der Waals surface area contributed by atoms with Crippen molar-refractivity contribution in [3.05, 3.63) is 60.2 Å². The van der Waals surface area contributed by atoms with E-state index >= 15 is 0 Å². The van der Waals surface area contributed by atoms with Gasteiger partial charge in [0.15, 0.2) is 5.84 Å². The third-order valence-corrected chi connectivity index (χ3v) is 2.07. The number of rotatable bonds is 3. The van der Waals surface area contributed by atoms with Gasteiger partial charge in [-0.1, -0.05) is 11.2 Å². The summed E-state index contributed by atoms with van der Waals surface area (Å²) in [6, 6.07) is 8.22. The maximum Gasteiger partial charge on any atom is 0.365 e. The predicted molar refractivity (Wildman–Crippen MR) is 64.6 cm³/mol. The Morgan fingerprint density at radius 3 is 2.61 bits per heavy atom. The fraction of sp³-hybridized carbons (Fsp3) is 0. The molecule has 2 aromatic rings. The minimum Gasteiger partial charge on any atom is -0.379 e. The van der Waals surface area contributed by atoms with E-state index in [-0.39, 0.29) is 5.84 Å². The lowest BCUT2D eigenvalue weighted by Crippen LogP contribution is -2.16. The van der Waals surface area contributed by atoms with Gasteiger partial charge in [-0.3, -0.25) is 9.97 Å². The fourth-order valence-corrected chi connectivity index (χ4v) is 1.19. The second kappa shape index (κ2) is 5.53. The first-order chi connectivity index (χ1) is 8.77. The van der Waals surface area contributed by atoms with Crippen LogP contribution in [0.2, 0.25) is 0 Å². The van der Waals surface area contributed by atoms with Crippen LogP contribution in [0.15, 0.2) is 54.1 Å². The molecular weight excluding hydrogens is 232 g/mol. The van der Waals surface area contributed by atoms with E-state index in [1.54, 1.807) is 24.4 Å². The molecule has 0 unspecified atom stereocenters. The number of amidine groups is 1. The number of carbonyl (C=O) groups is 1. The van der Waals surface area contributed by atoms with Gasteiger partial charge in [0.25, 0.3) is 0 Å². The van der Waals surface area contributed by atoms with Crippen molar-refractivity contribution < 1.29 is 9.63 Å². The summed E-state index contributed by atoms with van der Waals surface area (Å²) in [5, 5.41) is 3.53. The van der Waals surface area contributed by atoms with E-state index in [0.29, 0.717) is 11.3 Å². The average Bonchev–Trinajstić information content (AvgIpc) is 2.46. The molecule has 6 nitrogen and oxygen atoms in total. The van der Waals surface area contributed by atoms with Crippen molar-refractivity contribution in [1.82, 2.24) is 9.97 Å². The molecule has 2 aromatic heterocycles. The Labute approximate surface area is 103 Å². The molecule has 0 amide bonds. The molecule has 0 saturated carbocycles. The van der Waals surface area contributed by atoms with E-state index in [1.165, 1.54) is 24.5 Å². The monoisotopic (exact) mass is 242 g/mol. The van der Waals surface area contributed by atoms with Crippen molar-refractivity contribution in [2.45, 2.75) is 0 Å². The predicted octanol–water partition coefficient (Wildman–Crippen LogP) is 0.954. The number of nitrogens with zero attached hydrogens (tertiary/aromatic N) is 3. The summed E-state index contributed by atoms with van der Waals surface area (Å²) in [4.78, 5) is 24.0. The summed E-state index contributed by atoms with van der Waals surface area (Å²) in [5.41, 5.74) is 6.41. The first kappa shape index (κ1) is 11.7. The third kappa shape index (κ3) is 2.88. The molecule has 18 heavy (non-hydrogen) atoms. The van der Waals surface area contributed by atoms with Gasteiger partial charge in [-0.05, 0) is 24.3 Å². The lowest BCUT2D eigenvalue weighted by molar-refractivity contribution is 0.0516. The molecule has 2 rings (SSSR count). The molecule has 0 aliphatic carbocycles. The first-order valence-corrected chi connectivity index (χ1v) is 5.13. The van der Waals surface area contributed by atoms with Gasteiger partial charge >= 0.3 is 5.97 Å². The van der Waals surface area contributed by atoms with Gasteiger partial charge in [0, 0.05) is 18.6 Å². The van der Waals surface area contributed by atoms with E-state index in [2.05, 4.69) is 15.1 Å². The molecule has 2 heterocycles. The molecular formula is C12H10N4O2. The Hall–Kier alpha value is -2.76. The Balaban J connectivity index is 2.05. The van der Waals surface area contributed by atoms with Gasteiger partial charge in [0.2, 0.25) is 0 Å². The lowest BCUT2D eigenvalue weighted by atomic mass is 10.3. The van der Waals surface area contributed by atoms with E-state index in [9.17, 15) is 4.79 Å². The first-order valence-electron chi connectivity index (χ1n) is 5.13. The van der Waals surface area contributed by atoms with Crippen molar-refractivity contribution in [2.75, 3.05) is 0 Å². The Morgan fingerprint density at radius 2 is 1.94 bits per heavy atom. The van der Waals surface area contributed by atoms with Crippen LogP contribution in [0.25, 0.3) is 0 Å². The maximum absolute atomic E-state index is 11.5. The van der Waals surface area contributed by atoms with Gasteiger partial charge in [-0.15, -0.1) is 0 Å². The minimum atomic E-state index is -0.601. The van der Waals surface area contributed by atoms with E-state index in [4.69, 9.17) is 10.6 Å². The normalized spacial score (nSPS) is 11.0. The number of nitrogens with two attached hydrogens (primary N) is 1. The third-order valence-electron chi connectivity index (χ3n) is 2.07. The number of carbonyl (C=O) groups excluding carboxylic acids is 1. The molecule has 0 aliphatic heterocycles. The van der Waals surface area contributed by atoms with Gasteiger partial charge in [-0.25, -0.2) is 4.79 Å². The van der Waals surface area contributed by atoms with Crippen molar-refractivity contribution in [1.29, 1.82) is 0 Å². The highest BCUT2D eigenvalue weighted by Gasteiger charge is 2.07. The number of aromatic nitrogens is 2. The molecule has 6 heteroatoms. The Kier molecular flexibility index (Phi) is 3.60. The molecule has 0 saturated heterocycles. The molecule has 0 atom stereocenters. The molecule has 0 bridgehead atoms. The minimum absolute atomic E-state index is 0.0398. The van der Waals surface area contributed by atoms with E-state index in [0.717, 1.165) is 0 Å². The van der Waals surface area contributed by atoms with Crippen LogP contribution >= 0.6 is 0 Å². The van der Waals surface area contributed by atoms with Crippen LogP contribution in [-0.4, -0.2) is 21.8 Å². The van der Waals surface area contributed by atoms with Gasteiger partial charge < -0.3 is 10.6 Å². The number of oxime groups is 1. The average molecular weight is 242 g/mol. The van der Waals surface area contributed by atoms with Crippen molar-refractivity contribution in [2.24, 2.45) is 10.9 Å². The van der Waals surface area contributed by atoms with Crippen molar-refractivity contribution in [3.8, 4) is 0 Å². The van der Waals surface area contributed by atoms with Gasteiger partial charge in [0.1, 0.15) is 5.69 Å². The Bertz CT molecular complexity index is 555. The van der Waals surface area contributed by atoms with Gasteiger partial charge in [-0.2, -0.15) is 0 Å².